The highest BCUT2D eigenvalue weighted by molar-refractivity contribution is 5.88. The Balaban J connectivity index is 1.68. The van der Waals surface area contributed by atoms with Gasteiger partial charge in [0.2, 0.25) is 11.8 Å². The summed E-state index contributed by atoms with van der Waals surface area (Å²) in [6, 6.07) is 15.0. The first-order valence-corrected chi connectivity index (χ1v) is 9.46. The van der Waals surface area contributed by atoms with Gasteiger partial charge in [0.25, 0.3) is 0 Å². The van der Waals surface area contributed by atoms with Crippen molar-refractivity contribution in [2.75, 3.05) is 0 Å². The summed E-state index contributed by atoms with van der Waals surface area (Å²) in [4.78, 5) is 25.1. The van der Waals surface area contributed by atoms with Crippen LogP contribution in [0.4, 0.5) is 0 Å². The van der Waals surface area contributed by atoms with E-state index in [9.17, 15) is 9.59 Å². The molecular formula is C22H27N3O2. The van der Waals surface area contributed by atoms with Crippen molar-refractivity contribution in [2.24, 2.45) is 5.92 Å². The lowest BCUT2D eigenvalue weighted by molar-refractivity contribution is -0.129. The number of hydrogen-bond acceptors (Lipinski definition) is 3. The molecule has 0 bridgehead atoms. The second-order valence-corrected chi connectivity index (χ2v) is 7.43. The zero-order chi connectivity index (χ0) is 19.2. The van der Waals surface area contributed by atoms with E-state index in [2.05, 4.69) is 28.1 Å². The van der Waals surface area contributed by atoms with Gasteiger partial charge < -0.3 is 16.0 Å². The summed E-state index contributed by atoms with van der Waals surface area (Å²) in [7, 11) is 0. The molecule has 1 aliphatic rings. The smallest absolute Gasteiger partial charge is 0.247 e. The summed E-state index contributed by atoms with van der Waals surface area (Å²) in [5.74, 6) is -0.0703. The van der Waals surface area contributed by atoms with E-state index in [0.717, 1.165) is 24.2 Å². The van der Waals surface area contributed by atoms with Crippen molar-refractivity contribution < 1.29 is 9.59 Å². The molecule has 0 saturated heterocycles. The maximum Gasteiger partial charge on any atom is 0.247 e. The molecule has 2 aromatic carbocycles. The highest BCUT2D eigenvalue weighted by Crippen LogP contribution is 2.18. The van der Waals surface area contributed by atoms with Crippen LogP contribution in [0.5, 0.6) is 0 Å². The first-order valence-electron chi connectivity index (χ1n) is 9.46. The van der Waals surface area contributed by atoms with Gasteiger partial charge in [0.05, 0.1) is 0 Å². The third-order valence-electron chi connectivity index (χ3n) is 4.66. The lowest BCUT2D eigenvalue weighted by Gasteiger charge is -2.20. The molecule has 142 valence electrons. The van der Waals surface area contributed by atoms with E-state index in [0.29, 0.717) is 13.0 Å². The molecule has 3 N–H and O–H groups in total. The van der Waals surface area contributed by atoms with Crippen LogP contribution in [0.1, 0.15) is 48.6 Å². The van der Waals surface area contributed by atoms with Gasteiger partial charge in [0, 0.05) is 26.1 Å². The van der Waals surface area contributed by atoms with Crippen LogP contribution in [0, 0.1) is 5.92 Å². The molecule has 0 fully saturated rings. The van der Waals surface area contributed by atoms with Crippen LogP contribution in [-0.2, 0) is 29.2 Å². The van der Waals surface area contributed by atoms with Crippen molar-refractivity contribution in [1.29, 1.82) is 0 Å². The lowest BCUT2D eigenvalue weighted by atomic mass is 10.0. The molecule has 5 nitrogen and oxygen atoms in total. The van der Waals surface area contributed by atoms with Gasteiger partial charge in [-0.05, 0) is 28.2 Å². The Bertz CT molecular complexity index is 802. The number of fused-ring (bicyclic) bond motifs is 1. The Kier molecular flexibility index (Phi) is 6.24. The van der Waals surface area contributed by atoms with Gasteiger partial charge in [-0.2, -0.15) is 0 Å². The molecular weight excluding hydrogens is 338 g/mol. The van der Waals surface area contributed by atoms with Gasteiger partial charge in [0.15, 0.2) is 0 Å². The molecule has 2 aromatic rings. The molecule has 1 heterocycles. The van der Waals surface area contributed by atoms with Crippen LogP contribution in [-0.4, -0.2) is 11.8 Å². The fourth-order valence-electron chi connectivity index (χ4n) is 3.29. The Labute approximate surface area is 160 Å². The second-order valence-electron chi connectivity index (χ2n) is 7.43. The summed E-state index contributed by atoms with van der Waals surface area (Å²) in [6.07, 6.45) is 0.397. The van der Waals surface area contributed by atoms with Crippen LogP contribution >= 0.6 is 0 Å². The third-order valence-corrected chi connectivity index (χ3v) is 4.66. The molecule has 0 radical (unpaired) electrons. The minimum absolute atomic E-state index is 0.113. The van der Waals surface area contributed by atoms with Crippen molar-refractivity contribution in [1.82, 2.24) is 16.0 Å². The molecule has 3 rings (SSSR count). The van der Waals surface area contributed by atoms with E-state index >= 15 is 0 Å². The van der Waals surface area contributed by atoms with Crippen LogP contribution in [0.2, 0.25) is 0 Å². The Morgan fingerprint density at radius 3 is 2.52 bits per heavy atom. The summed E-state index contributed by atoms with van der Waals surface area (Å²) in [5.41, 5.74) is 4.44. The monoisotopic (exact) mass is 365 g/mol. The number of nitrogens with one attached hydrogen (secondary N) is 3. The van der Waals surface area contributed by atoms with Crippen molar-refractivity contribution in [3.63, 3.8) is 0 Å². The number of rotatable bonds is 7. The SMILES string of the molecule is CC(C)CC(=O)NC(C(=O)NCc1ccc2c(c1)CNC2)c1ccccc1. The molecule has 27 heavy (non-hydrogen) atoms. The average Bonchev–Trinajstić information content (AvgIpc) is 3.12. The number of amides is 2. The fourth-order valence-corrected chi connectivity index (χ4v) is 3.29. The molecule has 0 aromatic heterocycles. The van der Waals surface area contributed by atoms with Gasteiger partial charge in [-0.15, -0.1) is 0 Å². The number of carbonyl (C=O) groups excluding carboxylic acids is 2. The Morgan fingerprint density at radius 1 is 1.04 bits per heavy atom. The predicted molar refractivity (Wildman–Crippen MR) is 106 cm³/mol. The van der Waals surface area contributed by atoms with E-state index in [1.807, 2.05) is 50.2 Å². The van der Waals surface area contributed by atoms with Gasteiger partial charge in [-0.1, -0.05) is 62.4 Å². The Morgan fingerprint density at radius 2 is 1.78 bits per heavy atom. The maximum atomic E-state index is 12.8. The summed E-state index contributed by atoms with van der Waals surface area (Å²) >= 11 is 0. The quantitative estimate of drug-likeness (QED) is 0.707. The molecule has 0 spiro atoms. The number of carbonyl (C=O) groups is 2. The zero-order valence-electron chi connectivity index (χ0n) is 15.9. The Hall–Kier alpha value is -2.66. The predicted octanol–water partition coefficient (Wildman–Crippen LogP) is 2.81. The number of benzene rings is 2. The minimum atomic E-state index is -0.687. The van der Waals surface area contributed by atoms with E-state index < -0.39 is 6.04 Å². The summed E-state index contributed by atoms with van der Waals surface area (Å²) in [6.45, 7) is 6.18. The minimum Gasteiger partial charge on any atom is -0.350 e. The maximum absolute atomic E-state index is 12.8. The first-order chi connectivity index (χ1) is 13.0. The van der Waals surface area contributed by atoms with Crippen LogP contribution < -0.4 is 16.0 Å². The largest absolute Gasteiger partial charge is 0.350 e. The van der Waals surface area contributed by atoms with Gasteiger partial charge in [0.1, 0.15) is 6.04 Å². The van der Waals surface area contributed by atoms with Crippen molar-refractivity contribution in [2.45, 2.75) is 45.9 Å². The highest BCUT2D eigenvalue weighted by Gasteiger charge is 2.23. The van der Waals surface area contributed by atoms with Crippen LogP contribution in [0.25, 0.3) is 0 Å². The molecule has 5 heteroatoms. The van der Waals surface area contributed by atoms with Crippen LogP contribution in [0.15, 0.2) is 48.5 Å². The molecule has 0 aliphatic carbocycles. The summed E-state index contributed by atoms with van der Waals surface area (Å²) < 4.78 is 0. The number of hydrogen-bond donors (Lipinski definition) is 3. The van der Waals surface area contributed by atoms with Gasteiger partial charge in [-0.25, -0.2) is 0 Å². The van der Waals surface area contributed by atoms with Crippen LogP contribution in [0.3, 0.4) is 0 Å². The second kappa shape index (κ2) is 8.82. The molecule has 2 amide bonds. The summed E-state index contributed by atoms with van der Waals surface area (Å²) in [5, 5.41) is 9.18. The van der Waals surface area contributed by atoms with Gasteiger partial charge >= 0.3 is 0 Å². The van der Waals surface area contributed by atoms with E-state index in [-0.39, 0.29) is 17.7 Å². The topological polar surface area (TPSA) is 70.2 Å². The average molecular weight is 365 g/mol. The molecule has 1 atom stereocenters. The zero-order valence-corrected chi connectivity index (χ0v) is 15.9. The van der Waals surface area contributed by atoms with Crippen molar-refractivity contribution in [3.8, 4) is 0 Å². The standard InChI is InChI=1S/C22H27N3O2/c1-15(2)10-20(26)25-21(17-6-4-3-5-7-17)22(27)24-12-16-8-9-18-13-23-14-19(18)11-16/h3-9,11,15,21,23H,10,12-14H2,1-2H3,(H,24,27)(H,25,26). The van der Waals surface area contributed by atoms with Gasteiger partial charge in [-0.3, -0.25) is 9.59 Å². The molecule has 0 saturated carbocycles. The first kappa shape index (κ1) is 19.1. The normalized spacial score (nSPS) is 13.9. The fraction of sp³-hybridized carbons (Fsp3) is 0.364. The molecule has 1 unspecified atom stereocenters. The lowest BCUT2D eigenvalue weighted by Crippen LogP contribution is -2.40. The molecule has 1 aliphatic heterocycles. The van der Waals surface area contributed by atoms with Crippen molar-refractivity contribution in [3.05, 3.63) is 70.8 Å². The van der Waals surface area contributed by atoms with E-state index in [1.165, 1.54) is 11.1 Å². The van der Waals surface area contributed by atoms with E-state index in [4.69, 9.17) is 0 Å². The van der Waals surface area contributed by atoms with E-state index in [1.54, 1.807) is 0 Å². The third kappa shape index (κ3) is 5.17. The highest BCUT2D eigenvalue weighted by atomic mass is 16.2. The van der Waals surface area contributed by atoms with Crippen molar-refractivity contribution >= 4 is 11.8 Å².